The smallest absolute Gasteiger partial charge is 0.139 e. The molecule has 1 N–H and O–H groups in total. The predicted molar refractivity (Wildman–Crippen MR) is 67.1 cm³/mol. The summed E-state index contributed by atoms with van der Waals surface area (Å²) in [6, 6.07) is 12.0. The van der Waals surface area contributed by atoms with E-state index in [0.29, 0.717) is 5.75 Å². The molecule has 0 aromatic heterocycles. The lowest BCUT2D eigenvalue weighted by Gasteiger charge is -2.21. The number of nitrogens with zero attached hydrogens (tertiary/aromatic N) is 1. The molecule has 0 amide bonds. The molecule has 0 unspecified atom stereocenters. The molecule has 0 saturated carbocycles. The molecule has 1 saturated heterocycles. The Hall–Kier alpha value is -1.70. The number of hydrogen-bond donors (Lipinski definition) is 1. The summed E-state index contributed by atoms with van der Waals surface area (Å²) >= 11 is 0. The van der Waals surface area contributed by atoms with Gasteiger partial charge < -0.3 is 10.0 Å². The van der Waals surface area contributed by atoms with Crippen LogP contribution in [0.25, 0.3) is 10.8 Å². The first-order valence-electron chi connectivity index (χ1n) is 5.82. The van der Waals surface area contributed by atoms with Gasteiger partial charge in [-0.25, -0.2) is 0 Å². The highest BCUT2D eigenvalue weighted by atomic mass is 16.3. The number of phenolic OH excluding ortho intramolecular Hbond substituents is 1. The van der Waals surface area contributed by atoms with Gasteiger partial charge in [-0.05, 0) is 24.3 Å². The fourth-order valence-electron chi connectivity index (χ4n) is 2.52. The maximum absolute atomic E-state index is 10.0. The van der Waals surface area contributed by atoms with E-state index in [4.69, 9.17) is 0 Å². The van der Waals surface area contributed by atoms with Crippen molar-refractivity contribution in [1.82, 2.24) is 0 Å². The number of benzene rings is 2. The van der Waals surface area contributed by atoms with Crippen LogP contribution in [0, 0.1) is 0 Å². The van der Waals surface area contributed by atoms with Gasteiger partial charge in [-0.2, -0.15) is 0 Å². The Bertz CT molecular complexity index is 515. The van der Waals surface area contributed by atoms with Crippen LogP contribution >= 0.6 is 0 Å². The molecule has 1 aliphatic rings. The van der Waals surface area contributed by atoms with Crippen molar-refractivity contribution in [3.8, 4) is 5.75 Å². The molecule has 0 spiro atoms. The van der Waals surface area contributed by atoms with E-state index in [2.05, 4.69) is 17.0 Å². The van der Waals surface area contributed by atoms with Crippen molar-refractivity contribution < 1.29 is 5.11 Å². The average Bonchev–Trinajstić information content (AvgIpc) is 2.82. The Labute approximate surface area is 95.1 Å². The molecule has 2 nitrogen and oxygen atoms in total. The van der Waals surface area contributed by atoms with E-state index in [9.17, 15) is 5.11 Å². The summed E-state index contributed by atoms with van der Waals surface area (Å²) in [5.74, 6) is 0.403. The first-order chi connectivity index (χ1) is 7.86. The van der Waals surface area contributed by atoms with Crippen LogP contribution in [-0.4, -0.2) is 18.2 Å². The van der Waals surface area contributed by atoms with Crippen LogP contribution in [0.4, 0.5) is 5.69 Å². The van der Waals surface area contributed by atoms with Crippen molar-refractivity contribution in [1.29, 1.82) is 0 Å². The Morgan fingerprint density at radius 1 is 0.938 bits per heavy atom. The molecule has 0 atom stereocenters. The van der Waals surface area contributed by atoms with Gasteiger partial charge in [-0.3, -0.25) is 0 Å². The monoisotopic (exact) mass is 213 g/mol. The number of aromatic hydroxyl groups is 1. The maximum atomic E-state index is 10.0. The van der Waals surface area contributed by atoms with Crippen molar-refractivity contribution in [2.45, 2.75) is 12.8 Å². The Morgan fingerprint density at radius 3 is 2.50 bits per heavy atom. The molecule has 0 aliphatic carbocycles. The van der Waals surface area contributed by atoms with Crippen molar-refractivity contribution >= 4 is 16.5 Å². The summed E-state index contributed by atoms with van der Waals surface area (Å²) in [7, 11) is 0. The molecule has 1 heterocycles. The highest BCUT2D eigenvalue weighted by Crippen LogP contribution is 2.37. The topological polar surface area (TPSA) is 23.5 Å². The van der Waals surface area contributed by atoms with Crippen LogP contribution in [0.5, 0.6) is 5.75 Å². The van der Waals surface area contributed by atoms with E-state index in [1.54, 1.807) is 6.07 Å². The molecule has 3 rings (SSSR count). The minimum atomic E-state index is 0.403. The van der Waals surface area contributed by atoms with Crippen LogP contribution in [0.1, 0.15) is 12.8 Å². The SMILES string of the molecule is Oc1ccc2ccccc2c1N1CCCC1. The summed E-state index contributed by atoms with van der Waals surface area (Å²) in [6.07, 6.45) is 2.45. The highest BCUT2D eigenvalue weighted by molar-refractivity contribution is 5.97. The number of rotatable bonds is 1. The fraction of sp³-hybridized carbons (Fsp3) is 0.286. The number of hydrogen-bond acceptors (Lipinski definition) is 2. The standard InChI is InChI=1S/C14H15NO/c16-13-8-7-11-5-1-2-6-12(11)14(13)15-9-3-4-10-15/h1-2,5-8,16H,3-4,9-10H2. The van der Waals surface area contributed by atoms with E-state index in [1.807, 2.05) is 18.2 Å². The summed E-state index contributed by atoms with van der Waals surface area (Å²) < 4.78 is 0. The highest BCUT2D eigenvalue weighted by Gasteiger charge is 2.17. The average molecular weight is 213 g/mol. The lowest BCUT2D eigenvalue weighted by Crippen LogP contribution is -2.17. The van der Waals surface area contributed by atoms with Crippen LogP contribution in [0.2, 0.25) is 0 Å². The van der Waals surface area contributed by atoms with Gasteiger partial charge in [-0.15, -0.1) is 0 Å². The third-order valence-corrected chi connectivity index (χ3v) is 3.30. The zero-order valence-electron chi connectivity index (χ0n) is 9.19. The van der Waals surface area contributed by atoms with Gasteiger partial charge >= 0.3 is 0 Å². The quantitative estimate of drug-likeness (QED) is 0.786. The molecule has 0 bridgehead atoms. The summed E-state index contributed by atoms with van der Waals surface area (Å²) in [5.41, 5.74) is 1.01. The minimum absolute atomic E-state index is 0.403. The third-order valence-electron chi connectivity index (χ3n) is 3.30. The minimum Gasteiger partial charge on any atom is -0.506 e. The van der Waals surface area contributed by atoms with Gasteiger partial charge in [0.25, 0.3) is 0 Å². The van der Waals surface area contributed by atoms with Gasteiger partial charge in [0.05, 0.1) is 5.69 Å². The number of anilines is 1. The van der Waals surface area contributed by atoms with Crippen LogP contribution in [0.3, 0.4) is 0 Å². The normalized spacial score (nSPS) is 15.9. The van der Waals surface area contributed by atoms with Crippen molar-refractivity contribution in [2.24, 2.45) is 0 Å². The van der Waals surface area contributed by atoms with Crippen molar-refractivity contribution in [2.75, 3.05) is 18.0 Å². The second-order valence-electron chi connectivity index (χ2n) is 4.35. The van der Waals surface area contributed by atoms with Crippen molar-refractivity contribution in [3.05, 3.63) is 36.4 Å². The van der Waals surface area contributed by atoms with Gasteiger partial charge in [0.15, 0.2) is 0 Å². The summed E-state index contributed by atoms with van der Waals surface area (Å²) in [6.45, 7) is 2.11. The van der Waals surface area contributed by atoms with Gasteiger partial charge in [0.1, 0.15) is 5.75 Å². The third kappa shape index (κ3) is 1.42. The molecule has 1 fully saturated rings. The molecule has 2 heteroatoms. The molecule has 2 aromatic rings. The molecule has 1 aliphatic heterocycles. The van der Waals surface area contributed by atoms with Gasteiger partial charge in [0.2, 0.25) is 0 Å². The lowest BCUT2D eigenvalue weighted by atomic mass is 10.1. The fourth-order valence-corrected chi connectivity index (χ4v) is 2.52. The van der Waals surface area contributed by atoms with E-state index in [-0.39, 0.29) is 0 Å². The molecular formula is C14H15NO. The van der Waals surface area contributed by atoms with Crippen molar-refractivity contribution in [3.63, 3.8) is 0 Å². The van der Waals surface area contributed by atoms with E-state index in [0.717, 1.165) is 24.2 Å². The predicted octanol–water partition coefficient (Wildman–Crippen LogP) is 3.15. The number of phenols is 1. The molecule has 0 radical (unpaired) electrons. The molecule has 16 heavy (non-hydrogen) atoms. The summed E-state index contributed by atoms with van der Waals surface area (Å²) in [4.78, 5) is 2.29. The zero-order valence-corrected chi connectivity index (χ0v) is 9.19. The molecular weight excluding hydrogens is 198 g/mol. The van der Waals surface area contributed by atoms with Crippen LogP contribution in [-0.2, 0) is 0 Å². The lowest BCUT2D eigenvalue weighted by molar-refractivity contribution is 0.476. The molecule has 2 aromatic carbocycles. The molecule has 82 valence electrons. The second-order valence-corrected chi connectivity index (χ2v) is 4.35. The summed E-state index contributed by atoms with van der Waals surface area (Å²) in [5, 5.41) is 12.4. The van der Waals surface area contributed by atoms with Gasteiger partial charge in [0, 0.05) is 18.5 Å². The Morgan fingerprint density at radius 2 is 1.69 bits per heavy atom. The first-order valence-corrected chi connectivity index (χ1v) is 5.82. The maximum Gasteiger partial charge on any atom is 0.139 e. The van der Waals surface area contributed by atoms with E-state index >= 15 is 0 Å². The largest absolute Gasteiger partial charge is 0.506 e. The second kappa shape index (κ2) is 3.71. The van der Waals surface area contributed by atoms with E-state index in [1.165, 1.54) is 18.2 Å². The van der Waals surface area contributed by atoms with Crippen LogP contribution in [0.15, 0.2) is 36.4 Å². The zero-order chi connectivity index (χ0) is 11.0. The first kappa shape index (κ1) is 9.52. The van der Waals surface area contributed by atoms with Gasteiger partial charge in [-0.1, -0.05) is 30.3 Å². The Kier molecular flexibility index (Phi) is 2.21. The number of fused-ring (bicyclic) bond motifs is 1. The van der Waals surface area contributed by atoms with Crippen LogP contribution < -0.4 is 4.90 Å². The van der Waals surface area contributed by atoms with E-state index < -0.39 is 0 Å². The Balaban J connectivity index is 2.23.